The van der Waals surface area contributed by atoms with Gasteiger partial charge in [-0.05, 0) is 54.7 Å². The van der Waals surface area contributed by atoms with E-state index in [1.807, 2.05) is 6.08 Å². The van der Waals surface area contributed by atoms with Crippen molar-refractivity contribution < 1.29 is 19.8 Å². The van der Waals surface area contributed by atoms with Crippen molar-refractivity contribution in [3.8, 4) is 0 Å². The number of ketones is 1. The molecule has 0 saturated heterocycles. The van der Waals surface area contributed by atoms with E-state index in [2.05, 4.69) is 38.2 Å². The number of allylic oxidation sites excluding steroid dienone is 7. The minimum absolute atomic E-state index is 0.00790. The van der Waals surface area contributed by atoms with Crippen LogP contribution in [0.4, 0.5) is 0 Å². The number of fused-ring (bicyclic) bond motifs is 5. The Hall–Kier alpha value is -1.94. The molecule has 26 heavy (non-hydrogen) atoms. The lowest BCUT2D eigenvalue weighted by atomic mass is 9.51. The van der Waals surface area contributed by atoms with Gasteiger partial charge in [-0.15, -0.1) is 0 Å². The lowest BCUT2D eigenvalue weighted by Gasteiger charge is -2.53. The third kappa shape index (κ3) is 2.24. The Morgan fingerprint density at radius 2 is 2.00 bits per heavy atom. The lowest BCUT2D eigenvalue weighted by molar-refractivity contribution is -0.140. The van der Waals surface area contributed by atoms with Gasteiger partial charge in [0.15, 0.2) is 5.78 Å². The topological polar surface area (TPSA) is 74.6 Å². The van der Waals surface area contributed by atoms with Crippen LogP contribution in [-0.2, 0) is 9.59 Å². The van der Waals surface area contributed by atoms with Gasteiger partial charge >= 0.3 is 5.97 Å². The summed E-state index contributed by atoms with van der Waals surface area (Å²) in [6.07, 6.45) is 15.9. The van der Waals surface area contributed by atoms with E-state index in [1.54, 1.807) is 12.2 Å². The van der Waals surface area contributed by atoms with E-state index in [0.717, 1.165) is 12.0 Å². The second-order valence-corrected chi connectivity index (χ2v) is 8.79. The highest BCUT2D eigenvalue weighted by Crippen LogP contribution is 2.63. The third-order valence-electron chi connectivity index (χ3n) is 7.63. The van der Waals surface area contributed by atoms with Crippen molar-refractivity contribution >= 4 is 11.8 Å². The van der Waals surface area contributed by atoms with Gasteiger partial charge in [-0.3, -0.25) is 9.59 Å². The Balaban J connectivity index is 1.71. The van der Waals surface area contributed by atoms with Crippen LogP contribution < -0.4 is 0 Å². The standard InChI is InChI=1S/C22H26O4/c1-20-9-5-15(23)13-14(20)3-4-16-17(20)6-10-21(2)18(16)7-11-22(21,26)12-8-19(24)25/h3-6,9-10,13,16-18,26H,7-8,11-12H2,1-2H3,(H,24,25)/t16?,17?,18?,20-,21-,22+/m0/s1. The third-order valence-corrected chi connectivity index (χ3v) is 7.63. The summed E-state index contributed by atoms with van der Waals surface area (Å²) >= 11 is 0. The highest BCUT2D eigenvalue weighted by atomic mass is 16.4. The number of carbonyl (C=O) groups excluding carboxylic acids is 1. The summed E-state index contributed by atoms with van der Waals surface area (Å²) in [5.74, 6) is -0.0158. The molecular formula is C22H26O4. The van der Waals surface area contributed by atoms with Gasteiger partial charge in [-0.2, -0.15) is 0 Å². The Labute approximate surface area is 154 Å². The molecule has 1 saturated carbocycles. The van der Waals surface area contributed by atoms with Crippen LogP contribution in [0, 0.1) is 28.6 Å². The molecule has 0 aromatic rings. The summed E-state index contributed by atoms with van der Waals surface area (Å²) in [5.41, 5.74) is -0.536. The number of carbonyl (C=O) groups is 2. The van der Waals surface area contributed by atoms with Crippen LogP contribution in [-0.4, -0.2) is 27.6 Å². The minimum atomic E-state index is -0.971. The van der Waals surface area contributed by atoms with Crippen molar-refractivity contribution in [1.29, 1.82) is 0 Å². The molecular weight excluding hydrogens is 328 g/mol. The molecule has 4 nitrogen and oxygen atoms in total. The number of aliphatic hydroxyl groups is 1. The molecule has 0 radical (unpaired) electrons. The van der Waals surface area contributed by atoms with E-state index in [9.17, 15) is 14.7 Å². The number of aliphatic carboxylic acids is 1. The van der Waals surface area contributed by atoms with Gasteiger partial charge in [-0.25, -0.2) is 0 Å². The molecule has 0 aliphatic heterocycles. The van der Waals surface area contributed by atoms with E-state index in [4.69, 9.17) is 5.11 Å². The smallest absolute Gasteiger partial charge is 0.303 e. The van der Waals surface area contributed by atoms with Crippen molar-refractivity contribution in [2.45, 2.75) is 45.1 Å². The Morgan fingerprint density at radius 1 is 1.23 bits per heavy atom. The summed E-state index contributed by atoms with van der Waals surface area (Å²) in [5, 5.41) is 20.4. The minimum Gasteiger partial charge on any atom is -0.481 e. The lowest BCUT2D eigenvalue weighted by Crippen LogP contribution is -2.51. The maximum absolute atomic E-state index is 11.8. The molecule has 4 aliphatic carbocycles. The van der Waals surface area contributed by atoms with E-state index < -0.39 is 17.0 Å². The average Bonchev–Trinajstić information content (AvgIpc) is 2.86. The number of carboxylic acid groups (broad SMARTS) is 1. The first-order valence-corrected chi connectivity index (χ1v) is 9.47. The fourth-order valence-electron chi connectivity index (χ4n) is 5.88. The van der Waals surface area contributed by atoms with Crippen LogP contribution in [0.2, 0.25) is 0 Å². The molecule has 0 spiro atoms. The predicted molar refractivity (Wildman–Crippen MR) is 98.2 cm³/mol. The van der Waals surface area contributed by atoms with E-state index in [0.29, 0.717) is 6.42 Å². The van der Waals surface area contributed by atoms with E-state index in [-0.39, 0.29) is 41.8 Å². The zero-order valence-electron chi connectivity index (χ0n) is 15.3. The molecule has 0 aromatic carbocycles. The average molecular weight is 354 g/mol. The molecule has 0 amide bonds. The first-order valence-electron chi connectivity index (χ1n) is 9.47. The van der Waals surface area contributed by atoms with E-state index >= 15 is 0 Å². The molecule has 4 heteroatoms. The Kier molecular flexibility index (Phi) is 3.71. The molecule has 0 heterocycles. The molecule has 0 bridgehead atoms. The van der Waals surface area contributed by atoms with Crippen LogP contribution >= 0.6 is 0 Å². The van der Waals surface area contributed by atoms with Crippen LogP contribution in [0.1, 0.15) is 39.5 Å². The first kappa shape index (κ1) is 17.5. The molecule has 4 rings (SSSR count). The number of hydrogen-bond acceptors (Lipinski definition) is 3. The summed E-state index contributed by atoms with van der Waals surface area (Å²) in [4.78, 5) is 22.8. The molecule has 6 atom stereocenters. The van der Waals surface area contributed by atoms with Gasteiger partial charge in [0.2, 0.25) is 0 Å². The largest absolute Gasteiger partial charge is 0.481 e. The van der Waals surface area contributed by atoms with Gasteiger partial charge in [0, 0.05) is 17.3 Å². The van der Waals surface area contributed by atoms with Crippen LogP contribution in [0.25, 0.3) is 0 Å². The fourth-order valence-corrected chi connectivity index (χ4v) is 5.88. The number of hydrogen-bond donors (Lipinski definition) is 2. The predicted octanol–water partition coefficient (Wildman–Crippen LogP) is 3.44. The molecule has 3 unspecified atom stereocenters. The van der Waals surface area contributed by atoms with Crippen LogP contribution in [0.3, 0.4) is 0 Å². The molecule has 4 aliphatic rings. The quantitative estimate of drug-likeness (QED) is 0.762. The molecule has 138 valence electrons. The maximum Gasteiger partial charge on any atom is 0.303 e. The van der Waals surface area contributed by atoms with Crippen LogP contribution in [0.15, 0.2) is 48.1 Å². The Morgan fingerprint density at radius 3 is 2.73 bits per heavy atom. The summed E-state index contributed by atoms with van der Waals surface area (Å²) in [7, 11) is 0. The van der Waals surface area contributed by atoms with Gasteiger partial charge in [-0.1, -0.05) is 44.2 Å². The Bertz CT molecular complexity index is 788. The zero-order valence-corrected chi connectivity index (χ0v) is 15.3. The maximum atomic E-state index is 11.8. The van der Waals surface area contributed by atoms with Gasteiger partial charge < -0.3 is 10.2 Å². The van der Waals surface area contributed by atoms with Gasteiger partial charge in [0.1, 0.15) is 0 Å². The SMILES string of the molecule is C[C@]12C=CC(=O)C=C1C=CC1C2C=C[C@@]2(C)C1CC[C@@]2(O)CCC(=O)O. The first-order chi connectivity index (χ1) is 12.2. The highest BCUT2D eigenvalue weighted by molar-refractivity contribution is 6.01. The number of rotatable bonds is 3. The van der Waals surface area contributed by atoms with Crippen molar-refractivity contribution in [3.05, 3.63) is 48.1 Å². The summed E-state index contributed by atoms with van der Waals surface area (Å²) < 4.78 is 0. The van der Waals surface area contributed by atoms with Crippen molar-refractivity contribution in [3.63, 3.8) is 0 Å². The molecule has 0 aromatic heterocycles. The highest BCUT2D eigenvalue weighted by Gasteiger charge is 2.60. The number of carboxylic acids is 1. The van der Waals surface area contributed by atoms with Gasteiger partial charge in [0.25, 0.3) is 0 Å². The second kappa shape index (κ2) is 5.53. The van der Waals surface area contributed by atoms with Crippen molar-refractivity contribution in [2.75, 3.05) is 0 Å². The van der Waals surface area contributed by atoms with Gasteiger partial charge in [0.05, 0.1) is 5.60 Å². The van der Waals surface area contributed by atoms with E-state index in [1.165, 1.54) is 0 Å². The second-order valence-electron chi connectivity index (χ2n) is 8.79. The summed E-state index contributed by atoms with van der Waals surface area (Å²) in [6.45, 7) is 4.27. The normalized spacial score (nSPS) is 45.7. The van der Waals surface area contributed by atoms with Crippen molar-refractivity contribution in [1.82, 2.24) is 0 Å². The molecule has 2 N–H and O–H groups in total. The zero-order chi connectivity index (χ0) is 18.7. The van der Waals surface area contributed by atoms with Crippen molar-refractivity contribution in [2.24, 2.45) is 28.6 Å². The molecule has 1 fully saturated rings. The fraction of sp³-hybridized carbons (Fsp3) is 0.545. The summed E-state index contributed by atoms with van der Waals surface area (Å²) in [6, 6.07) is 0. The monoisotopic (exact) mass is 354 g/mol. The van der Waals surface area contributed by atoms with Crippen LogP contribution in [0.5, 0.6) is 0 Å².